The topological polar surface area (TPSA) is 84.9 Å². The molecule has 9 heteroatoms. The number of piperidine rings is 1. The highest BCUT2D eigenvalue weighted by molar-refractivity contribution is 7.88. The third-order valence-electron chi connectivity index (χ3n) is 4.31. The number of hydrogen-bond acceptors (Lipinski definition) is 5. The van der Waals surface area contributed by atoms with Gasteiger partial charge in [0.1, 0.15) is 11.9 Å². The number of rotatable bonds is 9. The predicted molar refractivity (Wildman–Crippen MR) is 105 cm³/mol. The van der Waals surface area contributed by atoms with Crippen molar-refractivity contribution < 1.29 is 22.7 Å². The molecule has 0 aromatic heterocycles. The number of carbonyl (C=O) groups excluding carboxylic acids is 1. The van der Waals surface area contributed by atoms with Crippen molar-refractivity contribution in [3.8, 4) is 5.75 Å². The number of carbonyl (C=O) groups is 1. The van der Waals surface area contributed by atoms with Gasteiger partial charge < -0.3 is 14.8 Å². The standard InChI is InChI=1S/C18H27ClN2O5S/c1-3-25-12-4-9-20-18(22)14-5-6-17(16(19)13-14)26-15-7-10-21(11-8-15)27(2,23)24/h5-6,13,15H,3-4,7-12H2,1-2H3,(H,20,22). The van der Waals surface area contributed by atoms with Crippen molar-refractivity contribution in [1.82, 2.24) is 9.62 Å². The van der Waals surface area contributed by atoms with Crippen LogP contribution in [0.3, 0.4) is 0 Å². The number of sulfonamides is 1. The monoisotopic (exact) mass is 418 g/mol. The van der Waals surface area contributed by atoms with E-state index in [0.29, 0.717) is 62.0 Å². The van der Waals surface area contributed by atoms with Crippen molar-refractivity contribution in [2.75, 3.05) is 39.1 Å². The van der Waals surface area contributed by atoms with E-state index in [1.807, 2.05) is 6.92 Å². The van der Waals surface area contributed by atoms with E-state index in [9.17, 15) is 13.2 Å². The molecular weight excluding hydrogens is 392 g/mol. The van der Waals surface area contributed by atoms with Crippen molar-refractivity contribution in [3.05, 3.63) is 28.8 Å². The maximum atomic E-state index is 12.1. The van der Waals surface area contributed by atoms with Crippen LogP contribution in [0, 0.1) is 0 Å². The number of amides is 1. The average molecular weight is 419 g/mol. The number of benzene rings is 1. The molecule has 0 radical (unpaired) electrons. The maximum absolute atomic E-state index is 12.1. The Morgan fingerprint density at radius 2 is 2.04 bits per heavy atom. The van der Waals surface area contributed by atoms with Gasteiger partial charge in [-0.05, 0) is 44.4 Å². The molecule has 0 unspecified atom stereocenters. The molecule has 1 amide bonds. The van der Waals surface area contributed by atoms with Gasteiger partial charge in [0.15, 0.2) is 0 Å². The smallest absolute Gasteiger partial charge is 0.251 e. The summed E-state index contributed by atoms with van der Waals surface area (Å²) in [5.41, 5.74) is 0.468. The molecule has 1 heterocycles. The van der Waals surface area contributed by atoms with Gasteiger partial charge in [0.25, 0.3) is 5.91 Å². The van der Waals surface area contributed by atoms with Crippen LogP contribution in [0.25, 0.3) is 0 Å². The van der Waals surface area contributed by atoms with Gasteiger partial charge in [0, 0.05) is 38.4 Å². The molecule has 1 saturated heterocycles. The lowest BCUT2D eigenvalue weighted by molar-refractivity contribution is 0.0944. The molecule has 1 aromatic carbocycles. The quantitative estimate of drug-likeness (QED) is 0.622. The number of nitrogens with one attached hydrogen (secondary N) is 1. The molecule has 0 aliphatic carbocycles. The number of nitrogens with zero attached hydrogens (tertiary/aromatic N) is 1. The summed E-state index contributed by atoms with van der Waals surface area (Å²) in [5.74, 6) is 0.309. The number of hydrogen-bond donors (Lipinski definition) is 1. The normalized spacial score (nSPS) is 16.3. The Hall–Kier alpha value is -1.35. The second-order valence-corrected chi connectivity index (χ2v) is 8.82. The van der Waals surface area contributed by atoms with Crippen LogP contribution in [0.1, 0.15) is 36.5 Å². The van der Waals surface area contributed by atoms with E-state index in [1.165, 1.54) is 10.6 Å². The molecule has 1 aliphatic rings. The van der Waals surface area contributed by atoms with Gasteiger partial charge in [-0.25, -0.2) is 12.7 Å². The van der Waals surface area contributed by atoms with Gasteiger partial charge in [0.2, 0.25) is 10.0 Å². The van der Waals surface area contributed by atoms with Crippen LogP contribution in [0.2, 0.25) is 5.02 Å². The Bertz CT molecular complexity index is 733. The van der Waals surface area contributed by atoms with Crippen molar-refractivity contribution in [2.45, 2.75) is 32.3 Å². The summed E-state index contributed by atoms with van der Waals surface area (Å²) >= 11 is 6.27. The molecule has 2 rings (SSSR count). The van der Waals surface area contributed by atoms with Crippen LogP contribution < -0.4 is 10.1 Å². The van der Waals surface area contributed by atoms with Crippen LogP contribution >= 0.6 is 11.6 Å². The summed E-state index contributed by atoms with van der Waals surface area (Å²) in [4.78, 5) is 12.1. The lowest BCUT2D eigenvalue weighted by Gasteiger charge is -2.30. The van der Waals surface area contributed by atoms with Crippen LogP contribution in [0.5, 0.6) is 5.75 Å². The number of ether oxygens (including phenoxy) is 2. The molecule has 0 saturated carbocycles. The predicted octanol–water partition coefficient (Wildman–Crippen LogP) is 2.30. The first kappa shape index (κ1) is 21.9. The highest BCUT2D eigenvalue weighted by atomic mass is 35.5. The van der Waals surface area contributed by atoms with E-state index in [1.54, 1.807) is 18.2 Å². The minimum Gasteiger partial charge on any atom is -0.489 e. The van der Waals surface area contributed by atoms with Crippen LogP contribution in [0.4, 0.5) is 0 Å². The van der Waals surface area contributed by atoms with E-state index < -0.39 is 10.0 Å². The lowest BCUT2D eigenvalue weighted by Crippen LogP contribution is -2.41. The van der Waals surface area contributed by atoms with Gasteiger partial charge in [-0.1, -0.05) is 11.6 Å². The molecular formula is C18H27ClN2O5S. The Balaban J connectivity index is 1.85. The molecule has 1 aromatic rings. The van der Waals surface area contributed by atoms with Crippen molar-refractivity contribution >= 4 is 27.5 Å². The summed E-state index contributed by atoms with van der Waals surface area (Å²) in [7, 11) is -3.16. The fourth-order valence-corrected chi connectivity index (χ4v) is 3.92. The van der Waals surface area contributed by atoms with Crippen LogP contribution in [0.15, 0.2) is 18.2 Å². The van der Waals surface area contributed by atoms with E-state index >= 15 is 0 Å². The average Bonchev–Trinajstić information content (AvgIpc) is 2.62. The first-order valence-corrected chi connectivity index (χ1v) is 11.3. The first-order valence-electron chi connectivity index (χ1n) is 9.08. The lowest BCUT2D eigenvalue weighted by atomic mass is 10.1. The number of halogens is 1. The van der Waals surface area contributed by atoms with E-state index in [4.69, 9.17) is 21.1 Å². The fraction of sp³-hybridized carbons (Fsp3) is 0.611. The van der Waals surface area contributed by atoms with E-state index in [-0.39, 0.29) is 12.0 Å². The van der Waals surface area contributed by atoms with E-state index in [0.717, 1.165) is 6.42 Å². The van der Waals surface area contributed by atoms with E-state index in [2.05, 4.69) is 5.32 Å². The minimum atomic E-state index is -3.16. The SMILES string of the molecule is CCOCCCNC(=O)c1ccc(OC2CCN(S(C)(=O)=O)CC2)c(Cl)c1. The summed E-state index contributed by atoms with van der Waals surface area (Å²) in [5, 5.41) is 3.19. The zero-order valence-electron chi connectivity index (χ0n) is 15.7. The van der Waals surface area contributed by atoms with Crippen LogP contribution in [-0.2, 0) is 14.8 Å². The summed E-state index contributed by atoms with van der Waals surface area (Å²) < 4.78 is 35.7. The Kier molecular flexibility index (Phi) is 8.34. The molecule has 27 heavy (non-hydrogen) atoms. The van der Waals surface area contributed by atoms with Gasteiger partial charge in [-0.3, -0.25) is 4.79 Å². The Labute approximate surface area is 166 Å². The van der Waals surface area contributed by atoms with Gasteiger partial charge >= 0.3 is 0 Å². The summed E-state index contributed by atoms with van der Waals surface area (Å²) in [6, 6.07) is 4.94. The molecule has 1 fully saturated rings. The van der Waals surface area contributed by atoms with Crippen molar-refractivity contribution in [3.63, 3.8) is 0 Å². The van der Waals surface area contributed by atoms with Crippen LogP contribution in [-0.4, -0.2) is 63.8 Å². The minimum absolute atomic E-state index is 0.0984. The highest BCUT2D eigenvalue weighted by Crippen LogP contribution is 2.28. The van der Waals surface area contributed by atoms with Crippen molar-refractivity contribution in [1.29, 1.82) is 0 Å². The zero-order chi connectivity index (χ0) is 19.9. The zero-order valence-corrected chi connectivity index (χ0v) is 17.3. The molecule has 0 atom stereocenters. The largest absolute Gasteiger partial charge is 0.489 e. The third-order valence-corrected chi connectivity index (χ3v) is 5.91. The second-order valence-electron chi connectivity index (χ2n) is 6.43. The Morgan fingerprint density at radius 3 is 2.63 bits per heavy atom. The van der Waals surface area contributed by atoms with Gasteiger partial charge in [0.05, 0.1) is 11.3 Å². The molecule has 1 aliphatic heterocycles. The highest BCUT2D eigenvalue weighted by Gasteiger charge is 2.26. The van der Waals surface area contributed by atoms with Gasteiger partial charge in [-0.15, -0.1) is 0 Å². The molecule has 7 nitrogen and oxygen atoms in total. The maximum Gasteiger partial charge on any atom is 0.251 e. The second kappa shape index (κ2) is 10.3. The van der Waals surface area contributed by atoms with Crippen molar-refractivity contribution in [2.24, 2.45) is 0 Å². The fourth-order valence-electron chi connectivity index (χ4n) is 2.82. The summed E-state index contributed by atoms with van der Waals surface area (Å²) in [6.07, 6.45) is 3.07. The first-order chi connectivity index (χ1) is 12.8. The molecule has 1 N–H and O–H groups in total. The molecule has 0 spiro atoms. The van der Waals surface area contributed by atoms with Gasteiger partial charge in [-0.2, -0.15) is 0 Å². The molecule has 152 valence electrons. The summed E-state index contributed by atoms with van der Waals surface area (Å²) in [6.45, 7) is 4.61. The Morgan fingerprint density at radius 1 is 1.33 bits per heavy atom. The molecule has 0 bridgehead atoms. The third kappa shape index (κ3) is 6.95.